The molecular formula is C43H79NO2. The third-order valence-corrected chi connectivity index (χ3v) is 9.53. The first-order valence-corrected chi connectivity index (χ1v) is 20.3. The molecule has 0 spiro atoms. The Kier molecular flexibility index (Phi) is 32.8. The van der Waals surface area contributed by atoms with E-state index in [1.54, 1.807) is 0 Å². The van der Waals surface area contributed by atoms with E-state index in [-0.39, 0.29) is 0 Å². The summed E-state index contributed by atoms with van der Waals surface area (Å²) < 4.78 is 12.1. The molecule has 1 saturated heterocycles. The van der Waals surface area contributed by atoms with Gasteiger partial charge in [-0.1, -0.05) is 140 Å². The molecule has 1 fully saturated rings. The molecule has 0 aromatic carbocycles. The number of unbranched alkanes of at least 4 members (excludes halogenated alkanes) is 18. The first kappa shape index (κ1) is 42.9. The summed E-state index contributed by atoms with van der Waals surface area (Å²) in [5.41, 5.74) is 0.415. The van der Waals surface area contributed by atoms with Gasteiger partial charge in [0.05, 0.1) is 0 Å². The van der Waals surface area contributed by atoms with Gasteiger partial charge in [0.15, 0.2) is 0 Å². The smallest absolute Gasteiger partial charge is 0.0472 e. The van der Waals surface area contributed by atoms with Crippen LogP contribution in [0.4, 0.5) is 0 Å². The van der Waals surface area contributed by atoms with Gasteiger partial charge >= 0.3 is 0 Å². The third-order valence-electron chi connectivity index (χ3n) is 9.53. The summed E-state index contributed by atoms with van der Waals surface area (Å²) in [6.07, 6.45) is 52.3. The van der Waals surface area contributed by atoms with Crippen LogP contribution in [0.2, 0.25) is 0 Å². The number of rotatable bonds is 36. The molecule has 1 rings (SSSR count). The second kappa shape index (κ2) is 35.2. The predicted octanol–water partition coefficient (Wildman–Crippen LogP) is 13.0. The second-order valence-corrected chi connectivity index (χ2v) is 14.0. The normalized spacial score (nSPS) is 14.9. The highest BCUT2D eigenvalue weighted by atomic mass is 16.5. The van der Waals surface area contributed by atoms with Gasteiger partial charge in [-0.05, 0) is 95.3 Å². The molecule has 0 aliphatic carbocycles. The Balaban J connectivity index is 1.82. The fourth-order valence-electron chi connectivity index (χ4n) is 6.12. The van der Waals surface area contributed by atoms with E-state index < -0.39 is 0 Å². The fraction of sp³-hybridized carbons (Fsp3) is 0.814. The monoisotopic (exact) mass is 642 g/mol. The molecule has 0 saturated carbocycles. The van der Waals surface area contributed by atoms with Crippen molar-refractivity contribution in [3.05, 3.63) is 48.6 Å². The fourth-order valence-corrected chi connectivity index (χ4v) is 6.12. The summed E-state index contributed by atoms with van der Waals surface area (Å²) in [5.74, 6) is 0. The molecule has 1 N–H and O–H groups in total. The minimum absolute atomic E-state index is 0.415. The van der Waals surface area contributed by atoms with Crippen LogP contribution in [0.25, 0.3) is 0 Å². The standard InChI is InChI=1S/C43H79NO2/c1-3-5-7-9-11-13-15-17-19-21-23-25-27-29-31-33-37-45-39-35-43(41-44-42-43)36-40-46-38-34-32-30-28-26-24-22-20-18-16-14-12-10-8-6-4-2/h11-14,17-20,44H,3-10,15-16,21-42H2,1-2H3/b13-11-,14-12-,19-17-,20-18-. The van der Waals surface area contributed by atoms with Gasteiger partial charge in [-0.2, -0.15) is 0 Å². The van der Waals surface area contributed by atoms with E-state index in [0.717, 1.165) is 52.4 Å². The van der Waals surface area contributed by atoms with Crippen LogP contribution in [0.15, 0.2) is 48.6 Å². The average molecular weight is 642 g/mol. The van der Waals surface area contributed by atoms with Gasteiger partial charge in [0.1, 0.15) is 0 Å². The Morgan fingerprint density at radius 1 is 0.413 bits per heavy atom. The predicted molar refractivity (Wildman–Crippen MR) is 205 cm³/mol. The van der Waals surface area contributed by atoms with Crippen LogP contribution < -0.4 is 5.32 Å². The number of nitrogens with one attached hydrogen (secondary N) is 1. The van der Waals surface area contributed by atoms with Crippen LogP contribution in [0.1, 0.15) is 181 Å². The van der Waals surface area contributed by atoms with E-state index in [4.69, 9.17) is 9.47 Å². The Morgan fingerprint density at radius 2 is 0.761 bits per heavy atom. The van der Waals surface area contributed by atoms with Crippen LogP contribution >= 0.6 is 0 Å². The molecule has 3 heteroatoms. The Hall–Kier alpha value is -1.16. The van der Waals surface area contributed by atoms with Crippen molar-refractivity contribution in [3.8, 4) is 0 Å². The highest BCUT2D eigenvalue weighted by Gasteiger charge is 2.35. The van der Waals surface area contributed by atoms with Gasteiger partial charge in [0, 0.05) is 39.5 Å². The molecule has 0 atom stereocenters. The van der Waals surface area contributed by atoms with Gasteiger partial charge in [-0.3, -0.25) is 0 Å². The van der Waals surface area contributed by atoms with E-state index in [9.17, 15) is 0 Å². The van der Waals surface area contributed by atoms with E-state index in [2.05, 4.69) is 67.8 Å². The van der Waals surface area contributed by atoms with E-state index in [1.165, 1.54) is 154 Å². The van der Waals surface area contributed by atoms with E-state index in [0.29, 0.717) is 5.41 Å². The molecule has 1 aliphatic heterocycles. The van der Waals surface area contributed by atoms with Crippen molar-refractivity contribution < 1.29 is 9.47 Å². The van der Waals surface area contributed by atoms with Crippen molar-refractivity contribution >= 4 is 0 Å². The maximum Gasteiger partial charge on any atom is 0.0472 e. The van der Waals surface area contributed by atoms with E-state index in [1.807, 2.05) is 0 Å². The molecule has 268 valence electrons. The molecule has 1 heterocycles. The zero-order valence-electron chi connectivity index (χ0n) is 31.1. The molecule has 0 aromatic rings. The van der Waals surface area contributed by atoms with Gasteiger partial charge < -0.3 is 14.8 Å². The second-order valence-electron chi connectivity index (χ2n) is 14.0. The lowest BCUT2D eigenvalue weighted by Gasteiger charge is -2.43. The van der Waals surface area contributed by atoms with Crippen molar-refractivity contribution in [1.29, 1.82) is 0 Å². The van der Waals surface area contributed by atoms with Gasteiger partial charge in [0.2, 0.25) is 0 Å². The summed E-state index contributed by atoms with van der Waals surface area (Å²) >= 11 is 0. The molecule has 1 aliphatic rings. The molecule has 3 nitrogen and oxygen atoms in total. The summed E-state index contributed by atoms with van der Waals surface area (Å²) in [6, 6.07) is 0. The molecule has 0 unspecified atom stereocenters. The maximum absolute atomic E-state index is 6.04. The number of hydrogen-bond donors (Lipinski definition) is 1. The zero-order valence-corrected chi connectivity index (χ0v) is 31.1. The van der Waals surface area contributed by atoms with Gasteiger partial charge in [-0.15, -0.1) is 0 Å². The Bertz CT molecular complexity index is 664. The Labute approximate surface area is 288 Å². The summed E-state index contributed by atoms with van der Waals surface area (Å²) in [6.45, 7) is 10.5. The zero-order chi connectivity index (χ0) is 32.9. The maximum atomic E-state index is 6.04. The minimum atomic E-state index is 0.415. The van der Waals surface area contributed by atoms with Crippen LogP contribution in [0.3, 0.4) is 0 Å². The van der Waals surface area contributed by atoms with Crippen LogP contribution in [-0.2, 0) is 9.47 Å². The number of ether oxygens (including phenoxy) is 2. The highest BCUT2D eigenvalue weighted by Crippen LogP contribution is 2.31. The topological polar surface area (TPSA) is 30.5 Å². The SMILES string of the molecule is CCCCC/C=C\C/C=C\CCCCCCCCOCCC1(CCOCCCCCCCC/C=C\C/C=C\CCCCC)CNC1. The van der Waals surface area contributed by atoms with Crippen molar-refractivity contribution in [2.24, 2.45) is 5.41 Å². The van der Waals surface area contributed by atoms with Crippen LogP contribution in [0, 0.1) is 5.41 Å². The lowest BCUT2D eigenvalue weighted by Crippen LogP contribution is -2.54. The lowest BCUT2D eigenvalue weighted by atomic mass is 9.76. The molecule has 46 heavy (non-hydrogen) atoms. The van der Waals surface area contributed by atoms with Gasteiger partial charge in [0.25, 0.3) is 0 Å². The molecule has 0 amide bonds. The summed E-state index contributed by atoms with van der Waals surface area (Å²) in [5, 5.41) is 3.50. The van der Waals surface area contributed by atoms with Crippen molar-refractivity contribution in [2.75, 3.05) is 39.5 Å². The number of hydrogen-bond acceptors (Lipinski definition) is 3. The first-order chi connectivity index (χ1) is 22.8. The summed E-state index contributed by atoms with van der Waals surface area (Å²) in [7, 11) is 0. The molecule has 0 radical (unpaired) electrons. The molecule has 0 bridgehead atoms. The van der Waals surface area contributed by atoms with Crippen LogP contribution in [-0.4, -0.2) is 39.5 Å². The highest BCUT2D eigenvalue weighted by molar-refractivity contribution is 4.94. The lowest BCUT2D eigenvalue weighted by molar-refractivity contribution is 0.0283. The van der Waals surface area contributed by atoms with Crippen molar-refractivity contribution in [2.45, 2.75) is 181 Å². The largest absolute Gasteiger partial charge is 0.381 e. The van der Waals surface area contributed by atoms with Crippen molar-refractivity contribution in [1.82, 2.24) is 5.32 Å². The van der Waals surface area contributed by atoms with Crippen LogP contribution in [0.5, 0.6) is 0 Å². The van der Waals surface area contributed by atoms with Gasteiger partial charge in [-0.25, -0.2) is 0 Å². The third kappa shape index (κ3) is 29.0. The molecular weight excluding hydrogens is 562 g/mol. The first-order valence-electron chi connectivity index (χ1n) is 20.3. The Morgan fingerprint density at radius 3 is 1.11 bits per heavy atom. The number of allylic oxidation sites excluding steroid dienone is 8. The molecule has 0 aromatic heterocycles. The quantitative estimate of drug-likeness (QED) is 0.0545. The van der Waals surface area contributed by atoms with E-state index >= 15 is 0 Å². The summed E-state index contributed by atoms with van der Waals surface area (Å²) in [4.78, 5) is 0. The average Bonchev–Trinajstić information content (AvgIpc) is 3.05. The minimum Gasteiger partial charge on any atom is -0.381 e. The van der Waals surface area contributed by atoms with Crippen molar-refractivity contribution in [3.63, 3.8) is 0 Å².